The van der Waals surface area contributed by atoms with Crippen LogP contribution in [0.4, 0.5) is 0 Å². The standard InChI is InChI=1S/C9H13NO2S/c1-4-6-7-8-10-9(5-2)13(3,11)12/h5,8H,4H2,1-3H3/b9-5+,10-8-. The third-order valence-electron chi connectivity index (χ3n) is 1.16. The highest BCUT2D eigenvalue weighted by molar-refractivity contribution is 7.94. The van der Waals surface area contributed by atoms with E-state index in [2.05, 4.69) is 16.8 Å². The molecule has 0 aliphatic rings. The average Bonchev–Trinajstić information content (AvgIpc) is 2.02. The Morgan fingerprint density at radius 3 is 2.54 bits per heavy atom. The van der Waals surface area contributed by atoms with Crippen molar-refractivity contribution in [1.29, 1.82) is 0 Å². The quantitative estimate of drug-likeness (QED) is 0.498. The van der Waals surface area contributed by atoms with Crippen LogP contribution in [0.3, 0.4) is 0 Å². The van der Waals surface area contributed by atoms with Gasteiger partial charge in [-0.2, -0.15) is 0 Å². The summed E-state index contributed by atoms with van der Waals surface area (Å²) in [6, 6.07) is 0. The molecule has 0 N–H and O–H groups in total. The van der Waals surface area contributed by atoms with Gasteiger partial charge in [0.2, 0.25) is 0 Å². The van der Waals surface area contributed by atoms with Gasteiger partial charge in [-0.25, -0.2) is 13.4 Å². The molecule has 0 aromatic heterocycles. The minimum Gasteiger partial charge on any atom is -0.236 e. The Balaban J connectivity index is 4.61. The Morgan fingerprint density at radius 1 is 1.54 bits per heavy atom. The molecule has 0 rings (SSSR count). The van der Waals surface area contributed by atoms with Crippen molar-refractivity contribution in [2.75, 3.05) is 6.26 Å². The van der Waals surface area contributed by atoms with Gasteiger partial charge in [0.15, 0.2) is 14.9 Å². The number of sulfone groups is 1. The molecule has 0 aliphatic heterocycles. The van der Waals surface area contributed by atoms with Crippen molar-refractivity contribution in [2.24, 2.45) is 4.99 Å². The number of allylic oxidation sites excluding steroid dienone is 1. The zero-order valence-electron chi connectivity index (χ0n) is 8.03. The summed E-state index contributed by atoms with van der Waals surface area (Å²) in [6.07, 6.45) is 4.60. The lowest BCUT2D eigenvalue weighted by Gasteiger charge is -1.93. The molecule has 3 nitrogen and oxygen atoms in total. The van der Waals surface area contributed by atoms with E-state index in [9.17, 15) is 8.42 Å². The molecule has 0 fully saturated rings. The van der Waals surface area contributed by atoms with Gasteiger partial charge in [0, 0.05) is 12.7 Å². The monoisotopic (exact) mass is 199 g/mol. The van der Waals surface area contributed by atoms with Crippen LogP contribution in [0.25, 0.3) is 0 Å². The van der Waals surface area contributed by atoms with E-state index >= 15 is 0 Å². The summed E-state index contributed by atoms with van der Waals surface area (Å²) in [4.78, 5) is 3.73. The second-order valence-electron chi connectivity index (χ2n) is 2.33. The largest absolute Gasteiger partial charge is 0.236 e. The first-order valence-electron chi connectivity index (χ1n) is 3.89. The Bertz CT molecular complexity index is 366. The molecule has 0 aromatic rings. The molecule has 0 unspecified atom stereocenters. The average molecular weight is 199 g/mol. The van der Waals surface area contributed by atoms with Crippen LogP contribution in [0.1, 0.15) is 20.3 Å². The summed E-state index contributed by atoms with van der Waals surface area (Å²) in [6.45, 7) is 3.54. The fourth-order valence-corrected chi connectivity index (χ4v) is 1.30. The number of aliphatic imine (C=N–C) groups is 1. The smallest absolute Gasteiger partial charge is 0.192 e. The molecule has 0 saturated heterocycles. The van der Waals surface area contributed by atoms with E-state index in [4.69, 9.17) is 0 Å². The van der Waals surface area contributed by atoms with E-state index in [1.807, 2.05) is 6.92 Å². The van der Waals surface area contributed by atoms with Gasteiger partial charge in [0.05, 0.1) is 6.21 Å². The lowest BCUT2D eigenvalue weighted by Crippen LogP contribution is -1.98. The molecule has 4 heteroatoms. The van der Waals surface area contributed by atoms with Crippen molar-refractivity contribution in [3.05, 3.63) is 11.1 Å². The summed E-state index contributed by atoms with van der Waals surface area (Å²) in [7, 11) is -3.21. The topological polar surface area (TPSA) is 46.5 Å². The Kier molecular flexibility index (Phi) is 5.09. The number of hydrogen-bond acceptors (Lipinski definition) is 3. The predicted molar refractivity (Wildman–Crippen MR) is 55.2 cm³/mol. The third kappa shape index (κ3) is 5.21. The Labute approximate surface area is 79.5 Å². The van der Waals surface area contributed by atoms with Crippen LogP contribution in [0.15, 0.2) is 16.1 Å². The van der Waals surface area contributed by atoms with Crippen LogP contribution in [0.5, 0.6) is 0 Å². The fourth-order valence-electron chi connectivity index (χ4n) is 0.628. The van der Waals surface area contributed by atoms with Crippen LogP contribution in [0.2, 0.25) is 0 Å². The van der Waals surface area contributed by atoms with Crippen molar-refractivity contribution in [2.45, 2.75) is 20.3 Å². The van der Waals surface area contributed by atoms with Crippen LogP contribution >= 0.6 is 0 Å². The van der Waals surface area contributed by atoms with Crippen molar-refractivity contribution >= 4 is 16.1 Å². The van der Waals surface area contributed by atoms with Crippen molar-refractivity contribution in [3.63, 3.8) is 0 Å². The summed E-state index contributed by atoms with van der Waals surface area (Å²) in [5.41, 5.74) is 0. The van der Waals surface area contributed by atoms with Crippen molar-refractivity contribution in [1.82, 2.24) is 0 Å². The summed E-state index contributed by atoms with van der Waals surface area (Å²) in [5, 5.41) is 0.0536. The zero-order chi connectivity index (χ0) is 10.3. The van der Waals surface area contributed by atoms with Gasteiger partial charge in [-0.1, -0.05) is 24.8 Å². The molecule has 0 heterocycles. The molecule has 0 atom stereocenters. The van der Waals surface area contributed by atoms with Gasteiger partial charge >= 0.3 is 0 Å². The lowest BCUT2D eigenvalue weighted by molar-refractivity contribution is 0.607. The van der Waals surface area contributed by atoms with Crippen LogP contribution in [-0.4, -0.2) is 20.9 Å². The molecular formula is C9H13NO2S. The first kappa shape index (κ1) is 11.9. The van der Waals surface area contributed by atoms with E-state index < -0.39 is 9.84 Å². The van der Waals surface area contributed by atoms with Gasteiger partial charge < -0.3 is 0 Å². The van der Waals surface area contributed by atoms with Crippen molar-refractivity contribution < 1.29 is 8.42 Å². The molecule has 0 bridgehead atoms. The highest BCUT2D eigenvalue weighted by Crippen LogP contribution is 2.03. The van der Waals surface area contributed by atoms with Gasteiger partial charge in [-0.3, -0.25) is 0 Å². The van der Waals surface area contributed by atoms with E-state index in [0.29, 0.717) is 0 Å². The van der Waals surface area contributed by atoms with Crippen LogP contribution < -0.4 is 0 Å². The van der Waals surface area contributed by atoms with Crippen LogP contribution in [0, 0.1) is 11.8 Å². The number of nitrogens with zero attached hydrogens (tertiary/aromatic N) is 1. The van der Waals surface area contributed by atoms with Gasteiger partial charge in [-0.15, -0.1) is 0 Å². The van der Waals surface area contributed by atoms with Crippen LogP contribution in [-0.2, 0) is 9.84 Å². The van der Waals surface area contributed by atoms with Gasteiger partial charge in [0.25, 0.3) is 0 Å². The molecular weight excluding hydrogens is 186 g/mol. The van der Waals surface area contributed by atoms with E-state index in [1.165, 1.54) is 12.3 Å². The van der Waals surface area contributed by atoms with E-state index in [0.717, 1.165) is 12.7 Å². The predicted octanol–water partition coefficient (Wildman–Crippen LogP) is 1.38. The molecule has 72 valence electrons. The first-order valence-corrected chi connectivity index (χ1v) is 5.78. The van der Waals surface area contributed by atoms with E-state index in [-0.39, 0.29) is 5.03 Å². The molecule has 0 radical (unpaired) electrons. The first-order chi connectivity index (χ1) is 6.02. The summed E-state index contributed by atoms with van der Waals surface area (Å²) >= 11 is 0. The lowest BCUT2D eigenvalue weighted by atomic mass is 10.5. The number of hydrogen-bond donors (Lipinski definition) is 0. The maximum Gasteiger partial charge on any atom is 0.192 e. The van der Waals surface area contributed by atoms with Gasteiger partial charge in [0.1, 0.15) is 0 Å². The van der Waals surface area contributed by atoms with E-state index in [1.54, 1.807) is 6.92 Å². The maximum absolute atomic E-state index is 11.0. The maximum atomic E-state index is 11.0. The Hall–Kier alpha value is -1.08. The summed E-state index contributed by atoms with van der Waals surface area (Å²) in [5.74, 6) is 5.38. The minimum absolute atomic E-state index is 0.0536. The summed E-state index contributed by atoms with van der Waals surface area (Å²) < 4.78 is 22.0. The van der Waals surface area contributed by atoms with Crippen molar-refractivity contribution in [3.8, 4) is 11.8 Å². The molecule has 13 heavy (non-hydrogen) atoms. The SMILES string of the molecule is C/C=C(\N=C/C#CCC)S(C)(=O)=O. The number of rotatable bonds is 2. The molecule has 0 aliphatic carbocycles. The highest BCUT2D eigenvalue weighted by atomic mass is 32.2. The molecule has 0 spiro atoms. The second-order valence-corrected chi connectivity index (χ2v) is 4.29. The minimum atomic E-state index is -3.21. The zero-order valence-corrected chi connectivity index (χ0v) is 8.85. The molecule has 0 amide bonds. The second kappa shape index (κ2) is 5.55. The normalized spacial score (nSPS) is 12.7. The third-order valence-corrected chi connectivity index (χ3v) is 2.26. The molecule has 0 aromatic carbocycles. The van der Waals surface area contributed by atoms with Gasteiger partial charge in [-0.05, 0) is 6.92 Å². The molecule has 0 saturated carbocycles. The Morgan fingerprint density at radius 2 is 2.15 bits per heavy atom. The fraction of sp³-hybridized carbons (Fsp3) is 0.444. The highest BCUT2D eigenvalue weighted by Gasteiger charge is 2.06.